The van der Waals surface area contributed by atoms with Crippen LogP contribution in [0, 0.1) is 5.92 Å². The molecule has 3 unspecified atom stereocenters. The molecule has 1 aliphatic rings. The predicted octanol–water partition coefficient (Wildman–Crippen LogP) is 3.36. The van der Waals surface area contributed by atoms with E-state index in [0.717, 1.165) is 19.3 Å². The molecular weight excluding hydrogens is 243 g/mol. The van der Waals surface area contributed by atoms with Gasteiger partial charge < -0.3 is 9.42 Å². The average Bonchev–Trinajstić information content (AvgIpc) is 2.10. The summed E-state index contributed by atoms with van der Waals surface area (Å²) in [5, 5.41) is 0. The maximum Gasteiger partial charge on any atom is 0.341 e. The van der Waals surface area contributed by atoms with E-state index in [1.165, 1.54) is 6.42 Å². The van der Waals surface area contributed by atoms with Crippen molar-refractivity contribution >= 4 is 30.4 Å². The monoisotopic (exact) mass is 258 g/mol. The highest BCUT2D eigenvalue weighted by molar-refractivity contribution is 8.07. The Hall–Kier alpha value is 0.820. The van der Waals surface area contributed by atoms with Gasteiger partial charge in [0.15, 0.2) is 0 Å². The fourth-order valence-electron chi connectivity index (χ4n) is 1.89. The Morgan fingerprint density at radius 3 is 2.71 bits per heavy atom. The molecule has 0 aromatic rings. The lowest BCUT2D eigenvalue weighted by molar-refractivity contribution is -0.00763. The summed E-state index contributed by atoms with van der Waals surface area (Å²) in [5.74, 6) is 0.373. The van der Waals surface area contributed by atoms with Crippen LogP contribution < -0.4 is 0 Å². The first-order valence-electron chi connectivity index (χ1n) is 4.73. The molecule has 1 N–H and O–H groups in total. The van der Waals surface area contributed by atoms with E-state index in [1.54, 1.807) is 0 Å². The molecule has 3 atom stereocenters. The lowest BCUT2D eigenvalue weighted by atomic mass is 9.78. The van der Waals surface area contributed by atoms with Crippen molar-refractivity contribution in [3.63, 3.8) is 0 Å². The van der Waals surface area contributed by atoms with Gasteiger partial charge in [-0.25, -0.2) is 0 Å². The normalized spacial score (nSPS) is 37.9. The van der Waals surface area contributed by atoms with Crippen molar-refractivity contribution in [3.05, 3.63) is 0 Å². The zero-order valence-corrected chi connectivity index (χ0v) is 10.9. The van der Waals surface area contributed by atoms with E-state index in [1.807, 2.05) is 6.92 Å². The third-order valence-electron chi connectivity index (χ3n) is 3.01. The van der Waals surface area contributed by atoms with E-state index >= 15 is 0 Å². The molecule has 0 radical (unpaired) electrons. The van der Waals surface area contributed by atoms with Gasteiger partial charge in [-0.15, -0.1) is 0 Å². The van der Waals surface area contributed by atoms with Gasteiger partial charge in [0.05, 0.1) is 17.5 Å². The van der Waals surface area contributed by atoms with Crippen molar-refractivity contribution in [1.82, 2.24) is 0 Å². The number of halogens is 1. The van der Waals surface area contributed by atoms with Crippen LogP contribution in [0.5, 0.6) is 0 Å². The van der Waals surface area contributed by atoms with Gasteiger partial charge >= 0.3 is 6.72 Å². The van der Waals surface area contributed by atoms with Crippen LogP contribution in [-0.2, 0) is 20.4 Å². The molecular formula is C8H16ClO3PS. The minimum absolute atomic E-state index is 0.373. The summed E-state index contributed by atoms with van der Waals surface area (Å²) in [7, 11) is 0. The first-order chi connectivity index (χ1) is 6.40. The third-order valence-corrected chi connectivity index (χ3v) is 5.09. The highest BCUT2D eigenvalue weighted by Crippen LogP contribution is 2.53. The summed E-state index contributed by atoms with van der Waals surface area (Å²) in [6.45, 7) is 0.816. The lowest BCUT2D eigenvalue weighted by Crippen LogP contribution is -2.38. The maximum atomic E-state index is 9.51. The SMILES string of the molecule is CC1CCCCC1(C)OP(O)(=S)OCl. The second-order valence-electron chi connectivity index (χ2n) is 4.09. The topological polar surface area (TPSA) is 38.7 Å². The lowest BCUT2D eigenvalue weighted by Gasteiger charge is -2.40. The van der Waals surface area contributed by atoms with Crippen LogP contribution in [0.4, 0.5) is 0 Å². The summed E-state index contributed by atoms with van der Waals surface area (Å²) in [6, 6.07) is 0. The molecule has 0 bridgehead atoms. The molecule has 0 aromatic carbocycles. The van der Waals surface area contributed by atoms with Crippen LogP contribution in [0.15, 0.2) is 0 Å². The van der Waals surface area contributed by atoms with Crippen LogP contribution in [-0.4, -0.2) is 10.5 Å². The minimum atomic E-state index is -3.25. The fraction of sp³-hybridized carbons (Fsp3) is 1.00. The second kappa shape index (κ2) is 4.77. The van der Waals surface area contributed by atoms with Gasteiger partial charge in [0.25, 0.3) is 0 Å². The van der Waals surface area contributed by atoms with E-state index < -0.39 is 12.3 Å². The van der Waals surface area contributed by atoms with Crippen LogP contribution in [0.1, 0.15) is 39.5 Å². The quantitative estimate of drug-likeness (QED) is 0.788. The van der Waals surface area contributed by atoms with E-state index in [9.17, 15) is 4.89 Å². The first kappa shape index (κ1) is 12.9. The van der Waals surface area contributed by atoms with Gasteiger partial charge in [-0.05, 0) is 37.5 Å². The highest BCUT2D eigenvalue weighted by Gasteiger charge is 2.39. The molecule has 0 saturated heterocycles. The zero-order valence-electron chi connectivity index (χ0n) is 8.40. The smallest absolute Gasteiger partial charge is 0.324 e. The molecule has 1 rings (SSSR count). The molecule has 14 heavy (non-hydrogen) atoms. The summed E-state index contributed by atoms with van der Waals surface area (Å²) >= 11 is 9.83. The van der Waals surface area contributed by atoms with Crippen molar-refractivity contribution < 1.29 is 13.5 Å². The second-order valence-corrected chi connectivity index (χ2v) is 7.14. The standard InChI is InChI=1S/C8H16ClO3PS/c1-7-5-3-4-6-8(7,2)11-13(10,14)12-9/h7H,3-6H2,1-2H3,(H,10,14). The van der Waals surface area contributed by atoms with E-state index in [-0.39, 0.29) is 0 Å². The van der Waals surface area contributed by atoms with Crippen molar-refractivity contribution in [2.24, 2.45) is 5.92 Å². The summed E-state index contributed by atoms with van der Waals surface area (Å²) in [6.07, 6.45) is 4.29. The van der Waals surface area contributed by atoms with Gasteiger partial charge in [0.2, 0.25) is 0 Å². The molecule has 84 valence electrons. The number of rotatable bonds is 3. The Labute approximate surface area is 95.2 Å². The van der Waals surface area contributed by atoms with E-state index in [4.69, 9.17) is 28.2 Å². The van der Waals surface area contributed by atoms with Gasteiger partial charge in [-0.2, -0.15) is 4.08 Å². The van der Waals surface area contributed by atoms with Crippen LogP contribution in [0.25, 0.3) is 0 Å². The van der Waals surface area contributed by atoms with Gasteiger partial charge in [-0.1, -0.05) is 19.8 Å². The molecule has 1 saturated carbocycles. The predicted molar refractivity (Wildman–Crippen MR) is 60.6 cm³/mol. The van der Waals surface area contributed by atoms with Crippen LogP contribution >= 0.6 is 18.6 Å². The van der Waals surface area contributed by atoms with E-state index in [0.29, 0.717) is 5.92 Å². The average molecular weight is 259 g/mol. The highest BCUT2D eigenvalue weighted by atomic mass is 35.5. The van der Waals surface area contributed by atoms with Gasteiger partial charge in [0, 0.05) is 0 Å². The summed E-state index contributed by atoms with van der Waals surface area (Å²) < 4.78 is 9.74. The summed E-state index contributed by atoms with van der Waals surface area (Å²) in [4.78, 5) is 9.51. The molecule has 0 amide bonds. The van der Waals surface area contributed by atoms with Crippen molar-refractivity contribution in [2.75, 3.05) is 0 Å². The van der Waals surface area contributed by atoms with Crippen molar-refractivity contribution in [2.45, 2.75) is 45.1 Å². The third kappa shape index (κ3) is 3.16. The Bertz CT molecular complexity index is 251. The zero-order chi connectivity index (χ0) is 10.8. The van der Waals surface area contributed by atoms with Crippen molar-refractivity contribution in [1.29, 1.82) is 0 Å². The maximum absolute atomic E-state index is 9.51. The molecule has 0 aliphatic heterocycles. The number of hydrogen-bond donors (Lipinski definition) is 1. The van der Waals surface area contributed by atoms with Crippen LogP contribution in [0.2, 0.25) is 0 Å². The molecule has 3 nitrogen and oxygen atoms in total. The molecule has 1 aliphatic carbocycles. The Kier molecular flexibility index (Phi) is 4.39. The van der Waals surface area contributed by atoms with Crippen LogP contribution in [0.3, 0.4) is 0 Å². The fourth-order valence-corrected chi connectivity index (χ4v) is 3.31. The number of hydrogen-bond acceptors (Lipinski definition) is 3. The minimum Gasteiger partial charge on any atom is -0.324 e. The molecule has 6 heteroatoms. The first-order valence-corrected chi connectivity index (χ1v) is 7.63. The summed E-state index contributed by atoms with van der Waals surface area (Å²) in [5.41, 5.74) is -0.391. The molecule has 0 aromatic heterocycles. The molecule has 0 spiro atoms. The molecule has 0 heterocycles. The Morgan fingerprint density at radius 2 is 2.21 bits per heavy atom. The largest absolute Gasteiger partial charge is 0.341 e. The van der Waals surface area contributed by atoms with Gasteiger partial charge in [0.1, 0.15) is 0 Å². The molecule has 1 fully saturated rings. The Balaban J connectivity index is 2.68. The Morgan fingerprint density at radius 1 is 1.57 bits per heavy atom. The van der Waals surface area contributed by atoms with Gasteiger partial charge in [-0.3, -0.25) is 0 Å². The van der Waals surface area contributed by atoms with Crippen molar-refractivity contribution in [3.8, 4) is 0 Å². The van der Waals surface area contributed by atoms with E-state index in [2.05, 4.69) is 11.0 Å².